The van der Waals surface area contributed by atoms with E-state index in [1.165, 1.54) is 41.8 Å². The van der Waals surface area contributed by atoms with E-state index < -0.39 is 4.92 Å². The number of carbonyl (C=O) groups is 1. The second-order valence-electron chi connectivity index (χ2n) is 6.27. The SMILES string of the molecule is Cc1ccc(C(=O)CSc2ncnc3c(-c4ccc([N+](=O)[O-])cc4)nsc23)cc1. The molecule has 4 aromatic rings. The van der Waals surface area contributed by atoms with Crippen molar-refractivity contribution in [3.8, 4) is 11.3 Å². The molecule has 0 aliphatic rings. The van der Waals surface area contributed by atoms with Crippen LogP contribution in [0.5, 0.6) is 0 Å². The molecule has 0 aliphatic heterocycles. The lowest BCUT2D eigenvalue weighted by Crippen LogP contribution is -2.02. The number of benzene rings is 2. The molecule has 0 unspecified atom stereocenters. The van der Waals surface area contributed by atoms with Crippen molar-refractivity contribution in [2.75, 3.05) is 5.75 Å². The molecule has 2 aromatic carbocycles. The fourth-order valence-corrected chi connectivity index (χ4v) is 4.55. The van der Waals surface area contributed by atoms with Crippen LogP contribution in [-0.4, -0.2) is 30.8 Å². The van der Waals surface area contributed by atoms with Crippen molar-refractivity contribution in [3.63, 3.8) is 0 Å². The standard InChI is InChI=1S/C20H14N4O3S2/c1-12-2-4-13(5-3-12)16(25)10-28-20-19-18(21-11-22-20)17(23-29-19)14-6-8-15(9-7-14)24(26)27/h2-9,11H,10H2,1H3. The molecule has 2 heterocycles. The van der Waals surface area contributed by atoms with Gasteiger partial charge >= 0.3 is 0 Å². The highest BCUT2D eigenvalue weighted by Gasteiger charge is 2.16. The van der Waals surface area contributed by atoms with Crippen LogP contribution >= 0.6 is 23.3 Å². The Kier molecular flexibility index (Phi) is 5.32. The predicted molar refractivity (Wildman–Crippen MR) is 114 cm³/mol. The van der Waals surface area contributed by atoms with Gasteiger partial charge in [-0.2, -0.15) is 4.37 Å². The first-order chi connectivity index (χ1) is 14.0. The number of non-ortho nitro benzene ring substituents is 1. The number of nitro benzene ring substituents is 1. The van der Waals surface area contributed by atoms with Gasteiger partial charge in [-0.3, -0.25) is 14.9 Å². The summed E-state index contributed by atoms with van der Waals surface area (Å²) < 4.78 is 5.26. The number of ketones is 1. The Morgan fingerprint density at radius 3 is 2.52 bits per heavy atom. The van der Waals surface area contributed by atoms with Crippen molar-refractivity contribution in [2.24, 2.45) is 0 Å². The topological polar surface area (TPSA) is 98.9 Å². The van der Waals surface area contributed by atoms with E-state index in [1.54, 1.807) is 12.1 Å². The Morgan fingerprint density at radius 1 is 1.10 bits per heavy atom. The minimum absolute atomic E-state index is 0.0220. The molecule has 0 saturated heterocycles. The zero-order chi connectivity index (χ0) is 20.4. The predicted octanol–water partition coefficient (Wildman–Crippen LogP) is 4.94. The first-order valence-electron chi connectivity index (χ1n) is 8.61. The number of hydrogen-bond acceptors (Lipinski definition) is 8. The summed E-state index contributed by atoms with van der Waals surface area (Å²) in [5.41, 5.74) is 3.86. The van der Waals surface area contributed by atoms with E-state index in [1.807, 2.05) is 31.2 Å². The van der Waals surface area contributed by atoms with Gasteiger partial charge < -0.3 is 0 Å². The molecule has 0 fully saturated rings. The van der Waals surface area contributed by atoms with Gasteiger partial charge in [0.1, 0.15) is 27.3 Å². The van der Waals surface area contributed by atoms with Gasteiger partial charge in [-0.25, -0.2) is 9.97 Å². The number of nitrogens with zero attached hydrogens (tertiary/aromatic N) is 4. The molecule has 2 aromatic heterocycles. The highest BCUT2D eigenvalue weighted by atomic mass is 32.2. The maximum Gasteiger partial charge on any atom is 0.269 e. The van der Waals surface area contributed by atoms with Crippen LogP contribution < -0.4 is 0 Å². The Labute approximate surface area is 174 Å². The smallest absolute Gasteiger partial charge is 0.269 e. The average molecular weight is 422 g/mol. The number of hydrogen-bond donors (Lipinski definition) is 0. The molecule has 4 rings (SSSR count). The molecule has 9 heteroatoms. The fraction of sp³-hybridized carbons (Fsp3) is 0.100. The van der Waals surface area contributed by atoms with E-state index in [9.17, 15) is 14.9 Å². The summed E-state index contributed by atoms with van der Waals surface area (Å²) in [5.74, 6) is 0.293. The first kappa shape index (κ1) is 19.2. The van der Waals surface area contributed by atoms with Gasteiger partial charge in [0.05, 0.1) is 10.7 Å². The Hall–Kier alpha value is -3.17. The van der Waals surface area contributed by atoms with Crippen molar-refractivity contribution >= 4 is 45.0 Å². The second kappa shape index (κ2) is 8.06. The van der Waals surface area contributed by atoms with Crippen LogP contribution in [0.3, 0.4) is 0 Å². The Bertz CT molecular complexity index is 1200. The molecule has 144 valence electrons. The van der Waals surface area contributed by atoms with Crippen LogP contribution in [0.2, 0.25) is 0 Å². The van der Waals surface area contributed by atoms with Crippen LogP contribution in [0.25, 0.3) is 21.5 Å². The zero-order valence-electron chi connectivity index (χ0n) is 15.2. The fourth-order valence-electron chi connectivity index (χ4n) is 2.73. The van der Waals surface area contributed by atoms with E-state index in [-0.39, 0.29) is 17.2 Å². The number of rotatable bonds is 6. The van der Waals surface area contributed by atoms with Crippen molar-refractivity contribution < 1.29 is 9.72 Å². The van der Waals surface area contributed by atoms with Gasteiger partial charge in [-0.05, 0) is 30.6 Å². The molecule has 0 radical (unpaired) electrons. The molecule has 0 spiro atoms. The maximum absolute atomic E-state index is 12.4. The zero-order valence-corrected chi connectivity index (χ0v) is 16.9. The van der Waals surface area contributed by atoms with Gasteiger partial charge in [0.2, 0.25) is 0 Å². The summed E-state index contributed by atoms with van der Waals surface area (Å²) >= 11 is 2.61. The van der Waals surface area contributed by atoms with E-state index in [2.05, 4.69) is 14.3 Å². The monoisotopic (exact) mass is 422 g/mol. The molecular formula is C20H14N4O3S2. The normalized spacial score (nSPS) is 10.9. The summed E-state index contributed by atoms with van der Waals surface area (Å²) in [7, 11) is 0. The molecule has 0 atom stereocenters. The highest BCUT2D eigenvalue weighted by molar-refractivity contribution is 8.00. The summed E-state index contributed by atoms with van der Waals surface area (Å²) in [6.07, 6.45) is 1.45. The van der Waals surface area contributed by atoms with E-state index in [0.717, 1.165) is 15.8 Å². The van der Waals surface area contributed by atoms with E-state index >= 15 is 0 Å². The molecule has 0 N–H and O–H groups in total. The maximum atomic E-state index is 12.4. The molecular weight excluding hydrogens is 408 g/mol. The summed E-state index contributed by atoms with van der Waals surface area (Å²) in [6.45, 7) is 1.98. The Balaban J connectivity index is 1.58. The number of fused-ring (bicyclic) bond motifs is 1. The minimum atomic E-state index is -0.440. The average Bonchev–Trinajstić information content (AvgIpc) is 3.17. The van der Waals surface area contributed by atoms with Crippen molar-refractivity contribution in [2.45, 2.75) is 11.9 Å². The van der Waals surface area contributed by atoms with E-state index in [0.29, 0.717) is 21.8 Å². The molecule has 29 heavy (non-hydrogen) atoms. The number of nitro groups is 1. The summed E-state index contributed by atoms with van der Waals surface area (Å²) in [4.78, 5) is 31.5. The largest absolute Gasteiger partial charge is 0.293 e. The van der Waals surface area contributed by atoms with Crippen LogP contribution in [-0.2, 0) is 0 Å². The van der Waals surface area contributed by atoms with Crippen LogP contribution in [0.4, 0.5) is 5.69 Å². The molecule has 0 aliphatic carbocycles. The van der Waals surface area contributed by atoms with Gasteiger partial charge in [-0.1, -0.05) is 41.6 Å². The third-order valence-electron chi connectivity index (χ3n) is 4.29. The molecule has 0 amide bonds. The lowest BCUT2D eigenvalue weighted by molar-refractivity contribution is -0.384. The number of carbonyl (C=O) groups excluding carboxylic acids is 1. The van der Waals surface area contributed by atoms with Gasteiger partial charge in [0, 0.05) is 23.3 Å². The summed E-state index contributed by atoms with van der Waals surface area (Å²) in [5, 5.41) is 11.5. The van der Waals surface area contributed by atoms with Gasteiger partial charge in [0.25, 0.3) is 5.69 Å². The van der Waals surface area contributed by atoms with Crippen LogP contribution in [0.15, 0.2) is 59.9 Å². The second-order valence-corrected chi connectivity index (χ2v) is 8.01. The van der Waals surface area contributed by atoms with Crippen LogP contribution in [0, 0.1) is 17.0 Å². The number of Topliss-reactive ketones (excluding diaryl/α,β-unsaturated/α-hetero) is 1. The van der Waals surface area contributed by atoms with Crippen molar-refractivity contribution in [1.82, 2.24) is 14.3 Å². The van der Waals surface area contributed by atoms with Gasteiger partial charge in [0.15, 0.2) is 5.78 Å². The van der Waals surface area contributed by atoms with Crippen molar-refractivity contribution in [1.29, 1.82) is 0 Å². The number of aromatic nitrogens is 3. The quantitative estimate of drug-likeness (QED) is 0.143. The lowest BCUT2D eigenvalue weighted by atomic mass is 10.1. The first-order valence-corrected chi connectivity index (χ1v) is 10.4. The third kappa shape index (κ3) is 4.01. The van der Waals surface area contributed by atoms with E-state index in [4.69, 9.17) is 0 Å². The van der Waals surface area contributed by atoms with Crippen molar-refractivity contribution in [3.05, 3.63) is 76.1 Å². The third-order valence-corrected chi connectivity index (χ3v) is 6.25. The summed E-state index contributed by atoms with van der Waals surface area (Å²) in [6, 6.07) is 13.7. The Morgan fingerprint density at radius 2 is 1.83 bits per heavy atom. The molecule has 0 bridgehead atoms. The number of aryl methyl sites for hydroxylation is 1. The molecule has 7 nitrogen and oxygen atoms in total. The van der Waals surface area contributed by atoms with Crippen LogP contribution in [0.1, 0.15) is 15.9 Å². The molecule has 0 saturated carbocycles. The highest BCUT2D eigenvalue weighted by Crippen LogP contribution is 2.35. The number of thioether (sulfide) groups is 1. The lowest BCUT2D eigenvalue weighted by Gasteiger charge is -2.03. The minimum Gasteiger partial charge on any atom is -0.293 e. The van der Waals surface area contributed by atoms with Gasteiger partial charge in [-0.15, -0.1) is 0 Å².